The molecule has 3 aromatic rings. The second-order valence-corrected chi connectivity index (χ2v) is 7.15. The van der Waals surface area contributed by atoms with Crippen molar-refractivity contribution in [3.63, 3.8) is 0 Å². The fourth-order valence-corrected chi connectivity index (χ4v) is 3.92. The number of para-hydroxylation sites is 2. The summed E-state index contributed by atoms with van der Waals surface area (Å²) in [5.41, 5.74) is 10.6. The Bertz CT molecular complexity index is 1020. The van der Waals surface area contributed by atoms with E-state index in [9.17, 15) is 4.79 Å². The van der Waals surface area contributed by atoms with E-state index in [0.717, 1.165) is 43.1 Å². The highest BCUT2D eigenvalue weighted by Gasteiger charge is 2.27. The Morgan fingerprint density at radius 3 is 2.68 bits per heavy atom. The molecule has 2 N–H and O–H groups in total. The molecule has 0 saturated heterocycles. The van der Waals surface area contributed by atoms with Crippen molar-refractivity contribution in [2.75, 3.05) is 13.7 Å². The van der Waals surface area contributed by atoms with Gasteiger partial charge in [0, 0.05) is 26.3 Å². The molecule has 1 aliphatic carbocycles. The lowest BCUT2D eigenvalue weighted by Crippen LogP contribution is -2.32. The van der Waals surface area contributed by atoms with Gasteiger partial charge in [0.15, 0.2) is 11.5 Å². The van der Waals surface area contributed by atoms with E-state index in [1.165, 1.54) is 0 Å². The van der Waals surface area contributed by atoms with Crippen LogP contribution in [-0.2, 0) is 11.3 Å². The summed E-state index contributed by atoms with van der Waals surface area (Å²) in [5, 5.41) is 6.81. The Morgan fingerprint density at radius 1 is 1.29 bits per heavy atom. The summed E-state index contributed by atoms with van der Waals surface area (Å²) < 4.78 is 6.97. The van der Waals surface area contributed by atoms with E-state index in [2.05, 4.69) is 10.4 Å². The molecule has 28 heavy (non-hydrogen) atoms. The van der Waals surface area contributed by atoms with Crippen molar-refractivity contribution >= 4 is 33.9 Å². The highest BCUT2D eigenvalue weighted by molar-refractivity contribution is 6.10. The lowest BCUT2D eigenvalue weighted by Gasteiger charge is -2.11. The Hall–Kier alpha value is -2.87. The van der Waals surface area contributed by atoms with Crippen molar-refractivity contribution in [1.82, 2.24) is 19.9 Å². The third-order valence-corrected chi connectivity index (χ3v) is 5.28. The number of carbonyl (C=O) groups excluding carboxylic acids is 1. The van der Waals surface area contributed by atoms with Crippen molar-refractivity contribution in [3.8, 4) is 0 Å². The molecule has 0 atom stereocenters. The normalized spacial score (nSPS) is 14.8. The number of hydrogen-bond donors (Lipinski definition) is 2. The molecule has 1 amide bonds. The van der Waals surface area contributed by atoms with Crippen LogP contribution in [0.3, 0.4) is 0 Å². The molecule has 1 aliphatic rings. The average Bonchev–Trinajstić information content (AvgIpc) is 3.32. The number of carbonyl (C=O) groups is 1. The van der Waals surface area contributed by atoms with Crippen LogP contribution in [-0.4, -0.2) is 40.2 Å². The van der Waals surface area contributed by atoms with E-state index in [4.69, 9.17) is 20.2 Å². The third-order valence-electron chi connectivity index (χ3n) is 5.28. The zero-order chi connectivity index (χ0) is 19.5. The molecule has 1 fully saturated rings. The van der Waals surface area contributed by atoms with Gasteiger partial charge in [-0.3, -0.25) is 4.79 Å². The highest BCUT2D eigenvalue weighted by atomic mass is 16.5. The maximum absolute atomic E-state index is 13.1. The minimum atomic E-state index is -0.224. The summed E-state index contributed by atoms with van der Waals surface area (Å²) in [7, 11) is 1.65. The van der Waals surface area contributed by atoms with Gasteiger partial charge in [0.1, 0.15) is 11.1 Å². The molecule has 0 unspecified atom stereocenters. The van der Waals surface area contributed by atoms with Gasteiger partial charge in [-0.05, 0) is 31.4 Å². The van der Waals surface area contributed by atoms with Crippen LogP contribution in [0.15, 0.2) is 29.4 Å². The lowest BCUT2D eigenvalue weighted by atomic mass is 10.2. The van der Waals surface area contributed by atoms with E-state index in [0.29, 0.717) is 35.7 Å². The minimum absolute atomic E-state index is 0.173. The first-order chi connectivity index (χ1) is 13.7. The maximum Gasteiger partial charge on any atom is 0.257 e. The Morgan fingerprint density at radius 2 is 2.00 bits per heavy atom. The average molecular weight is 380 g/mol. The number of ether oxygens (including phenoxy) is 1. The van der Waals surface area contributed by atoms with Crippen LogP contribution in [0.1, 0.15) is 42.5 Å². The molecule has 146 valence electrons. The van der Waals surface area contributed by atoms with E-state index < -0.39 is 0 Å². The number of nitrogens with zero attached hydrogens (tertiary/aromatic N) is 4. The second-order valence-electron chi connectivity index (χ2n) is 7.15. The number of rotatable bonds is 7. The van der Waals surface area contributed by atoms with Crippen LogP contribution in [0.4, 0.5) is 5.82 Å². The summed E-state index contributed by atoms with van der Waals surface area (Å²) in [6.07, 6.45) is 4.95. The van der Waals surface area contributed by atoms with Crippen LogP contribution < -0.4 is 5.32 Å². The van der Waals surface area contributed by atoms with E-state index in [1.807, 2.05) is 28.8 Å². The van der Waals surface area contributed by atoms with Gasteiger partial charge in [0.05, 0.1) is 11.0 Å². The van der Waals surface area contributed by atoms with Gasteiger partial charge in [-0.2, -0.15) is 0 Å². The summed E-state index contributed by atoms with van der Waals surface area (Å²) in [5.74, 6) is 0.0786. The predicted octanol–water partition coefficient (Wildman–Crippen LogP) is 3.96. The zero-order valence-electron chi connectivity index (χ0n) is 15.9. The fraction of sp³-hybridized carbons (Fsp3) is 0.450. The second kappa shape index (κ2) is 8.02. The van der Waals surface area contributed by atoms with E-state index >= 15 is 0 Å². The third kappa shape index (κ3) is 3.35. The zero-order valence-corrected chi connectivity index (χ0v) is 15.9. The van der Waals surface area contributed by atoms with E-state index in [-0.39, 0.29) is 11.9 Å². The molecule has 0 bridgehead atoms. The minimum Gasteiger partial charge on any atom is -0.385 e. The standard InChI is InChI=1S/C20H24N6O2/c1-28-12-6-11-26-18(25-21)16(20(27)22-13-7-2-3-8-13)17-19(26)24-15-10-5-4-9-14(15)23-17/h4-5,9-10,13,21H,2-3,6-8,11-12H2,1H3,(H,22,27). The number of amides is 1. The van der Waals surface area contributed by atoms with Gasteiger partial charge >= 0.3 is 0 Å². The first-order valence-electron chi connectivity index (χ1n) is 9.69. The van der Waals surface area contributed by atoms with Gasteiger partial charge in [0.2, 0.25) is 0 Å². The van der Waals surface area contributed by atoms with Crippen molar-refractivity contribution in [3.05, 3.63) is 29.8 Å². The predicted molar refractivity (Wildman–Crippen MR) is 106 cm³/mol. The molecule has 0 spiro atoms. The topological polar surface area (TPSA) is 105 Å². The lowest BCUT2D eigenvalue weighted by molar-refractivity contribution is 0.0940. The molecule has 2 aromatic heterocycles. The molecule has 0 aliphatic heterocycles. The maximum atomic E-state index is 13.1. The quantitative estimate of drug-likeness (QED) is 0.478. The molecule has 8 heteroatoms. The molecular formula is C20H24N6O2. The smallest absolute Gasteiger partial charge is 0.257 e. The van der Waals surface area contributed by atoms with Crippen molar-refractivity contribution in [2.24, 2.45) is 5.11 Å². The molecule has 2 heterocycles. The number of aromatic nitrogens is 3. The summed E-state index contributed by atoms with van der Waals surface area (Å²) in [4.78, 5) is 22.6. The number of fused-ring (bicyclic) bond motifs is 2. The van der Waals surface area contributed by atoms with Crippen molar-refractivity contribution < 1.29 is 9.53 Å². The van der Waals surface area contributed by atoms with Crippen molar-refractivity contribution in [2.45, 2.75) is 44.7 Å². The van der Waals surface area contributed by atoms with Crippen LogP contribution in [0, 0.1) is 5.53 Å². The number of aryl methyl sites for hydroxylation is 1. The number of hydrogen-bond acceptors (Lipinski definition) is 6. The number of methoxy groups -OCH3 is 1. The number of nitrogens with one attached hydrogen (secondary N) is 2. The first-order valence-corrected chi connectivity index (χ1v) is 9.69. The van der Waals surface area contributed by atoms with Crippen LogP contribution in [0.2, 0.25) is 0 Å². The van der Waals surface area contributed by atoms with Gasteiger partial charge in [-0.1, -0.05) is 25.0 Å². The Labute approximate surface area is 162 Å². The monoisotopic (exact) mass is 380 g/mol. The van der Waals surface area contributed by atoms with Gasteiger partial charge < -0.3 is 14.6 Å². The fourth-order valence-electron chi connectivity index (χ4n) is 3.92. The molecule has 8 nitrogen and oxygen atoms in total. The van der Waals surface area contributed by atoms with Gasteiger partial charge in [-0.15, -0.1) is 5.11 Å². The summed E-state index contributed by atoms with van der Waals surface area (Å²) in [6, 6.07) is 7.74. The molecular weight excluding hydrogens is 356 g/mol. The number of benzene rings is 1. The van der Waals surface area contributed by atoms with Crippen LogP contribution in [0.25, 0.3) is 22.2 Å². The molecule has 1 saturated carbocycles. The SMILES string of the molecule is COCCCn1c(N=N)c(C(=O)NC2CCCC2)c2nc3ccccc3nc21. The molecule has 1 aromatic carbocycles. The summed E-state index contributed by atoms with van der Waals surface area (Å²) in [6.45, 7) is 1.12. The largest absolute Gasteiger partial charge is 0.385 e. The first kappa shape index (κ1) is 18.5. The molecule has 4 rings (SSSR count). The van der Waals surface area contributed by atoms with Gasteiger partial charge in [-0.25, -0.2) is 15.5 Å². The Kier molecular flexibility index (Phi) is 5.29. The highest BCUT2D eigenvalue weighted by Crippen LogP contribution is 2.32. The van der Waals surface area contributed by atoms with Crippen LogP contribution in [0.5, 0.6) is 0 Å². The Balaban J connectivity index is 1.86. The summed E-state index contributed by atoms with van der Waals surface area (Å²) >= 11 is 0. The van der Waals surface area contributed by atoms with E-state index in [1.54, 1.807) is 7.11 Å². The van der Waals surface area contributed by atoms with Gasteiger partial charge in [0.25, 0.3) is 5.91 Å². The molecule has 0 radical (unpaired) electrons. The van der Waals surface area contributed by atoms with Crippen molar-refractivity contribution in [1.29, 1.82) is 5.53 Å². The van der Waals surface area contributed by atoms with Crippen LogP contribution >= 0.6 is 0 Å².